The molecule has 0 saturated carbocycles. The number of carboxylic acids is 1. The number of nitrogens with one attached hydrogen (secondary N) is 3. The number of carboxylic acid groups (broad SMARTS) is 1. The molecule has 0 saturated heterocycles. The van der Waals surface area contributed by atoms with Gasteiger partial charge >= 0.3 is 5.97 Å². The van der Waals surface area contributed by atoms with Crippen LogP contribution in [0.5, 0.6) is 0 Å². The number of amides is 3. The van der Waals surface area contributed by atoms with Gasteiger partial charge in [-0.2, -0.15) is 12.6 Å². The molecule has 0 radical (unpaired) electrons. The van der Waals surface area contributed by atoms with Gasteiger partial charge in [0.05, 0.1) is 44.5 Å². The summed E-state index contributed by atoms with van der Waals surface area (Å²) in [6.45, 7) is 1.58. The number of ether oxygens (including phenoxy) is 2. The van der Waals surface area contributed by atoms with Gasteiger partial charge in [-0.3, -0.25) is 19.2 Å². The quantitative estimate of drug-likeness (QED) is 0.142. The molecule has 10 nitrogen and oxygen atoms in total. The smallest absolute Gasteiger partial charge is 0.304 e. The minimum Gasteiger partial charge on any atom is -0.481 e. The average molecular weight is 546 g/mol. The van der Waals surface area contributed by atoms with Gasteiger partial charge in [-0.25, -0.2) is 0 Å². The Hall–Kier alpha value is -3.41. The Balaban J connectivity index is 1.46. The molecule has 4 N–H and O–H groups in total. The van der Waals surface area contributed by atoms with Crippen LogP contribution in [0.25, 0.3) is 0 Å². The maximum atomic E-state index is 12.2. The molecular formula is C27H35N3O7S. The third-order valence-electron chi connectivity index (χ3n) is 5.20. The van der Waals surface area contributed by atoms with Gasteiger partial charge in [0.2, 0.25) is 17.7 Å². The number of carbonyl (C=O) groups is 4. The van der Waals surface area contributed by atoms with Crippen molar-refractivity contribution in [1.82, 2.24) is 10.6 Å². The molecule has 11 heteroatoms. The molecule has 2 aromatic carbocycles. The first-order valence-electron chi connectivity index (χ1n) is 12.4. The van der Waals surface area contributed by atoms with E-state index in [9.17, 15) is 19.2 Å². The lowest BCUT2D eigenvalue weighted by molar-refractivity contribution is -0.138. The van der Waals surface area contributed by atoms with Crippen molar-refractivity contribution >= 4 is 42.0 Å². The van der Waals surface area contributed by atoms with Crippen LogP contribution in [0.1, 0.15) is 30.4 Å². The Kier molecular flexibility index (Phi) is 14.5. The van der Waals surface area contributed by atoms with E-state index in [2.05, 4.69) is 40.7 Å². The maximum absolute atomic E-state index is 12.2. The molecule has 0 fully saturated rings. The van der Waals surface area contributed by atoms with Crippen molar-refractivity contribution in [3.05, 3.63) is 65.7 Å². The molecule has 206 valence electrons. The lowest BCUT2D eigenvalue weighted by atomic mass is 10.0. The zero-order valence-corrected chi connectivity index (χ0v) is 22.1. The summed E-state index contributed by atoms with van der Waals surface area (Å²) in [6, 6.07) is 17.9. The van der Waals surface area contributed by atoms with Gasteiger partial charge in [-0.15, -0.1) is 0 Å². The maximum Gasteiger partial charge on any atom is 0.304 e. The second-order valence-electron chi connectivity index (χ2n) is 8.39. The summed E-state index contributed by atoms with van der Waals surface area (Å²) in [5.74, 6) is -2.05. The predicted molar refractivity (Wildman–Crippen MR) is 146 cm³/mol. The van der Waals surface area contributed by atoms with E-state index in [-0.39, 0.29) is 44.2 Å². The number of aliphatic carboxylic acids is 1. The van der Waals surface area contributed by atoms with E-state index in [4.69, 9.17) is 14.6 Å². The van der Waals surface area contributed by atoms with Gasteiger partial charge in [0, 0.05) is 25.2 Å². The number of hydrogen-bond donors (Lipinski definition) is 5. The van der Waals surface area contributed by atoms with Gasteiger partial charge in [0.25, 0.3) is 0 Å². The molecule has 0 spiro atoms. The van der Waals surface area contributed by atoms with Gasteiger partial charge in [0.15, 0.2) is 0 Å². The second kappa shape index (κ2) is 17.9. The normalized spacial score (nSPS) is 11.4. The summed E-state index contributed by atoms with van der Waals surface area (Å²) in [7, 11) is 0. The van der Waals surface area contributed by atoms with E-state index in [1.54, 1.807) is 0 Å². The van der Waals surface area contributed by atoms with Crippen molar-refractivity contribution in [3.63, 3.8) is 0 Å². The third-order valence-corrected chi connectivity index (χ3v) is 5.61. The number of thiol groups is 1. The summed E-state index contributed by atoms with van der Waals surface area (Å²) < 4.78 is 10.8. The molecule has 0 aliphatic rings. The number of anilines is 1. The summed E-state index contributed by atoms with van der Waals surface area (Å²) >= 11 is 3.91. The van der Waals surface area contributed by atoms with Crippen LogP contribution in [0.4, 0.5) is 5.69 Å². The van der Waals surface area contributed by atoms with Crippen molar-refractivity contribution in [3.8, 4) is 0 Å². The standard InChI is InChI=1S/C27H35N3O7S/c31-24(9-11-29-27(35)23(38)19-26(33)34)28-12-14-37-16-15-36-13-10-25(32)30-22-8-4-7-21(18-22)17-20-5-2-1-3-6-20/h1-8,18,23,38H,9-17,19H2,(H,28,31)(H,29,35)(H,30,32)(H,33,34). The fourth-order valence-corrected chi connectivity index (χ4v) is 3.57. The number of benzene rings is 2. The van der Waals surface area contributed by atoms with Crippen LogP contribution in [0.3, 0.4) is 0 Å². The van der Waals surface area contributed by atoms with Crippen molar-refractivity contribution in [2.75, 3.05) is 44.8 Å². The van der Waals surface area contributed by atoms with E-state index in [1.807, 2.05) is 42.5 Å². The Morgan fingerprint density at radius 2 is 1.50 bits per heavy atom. The van der Waals surface area contributed by atoms with Crippen molar-refractivity contribution in [2.45, 2.75) is 30.9 Å². The van der Waals surface area contributed by atoms with Crippen LogP contribution < -0.4 is 16.0 Å². The van der Waals surface area contributed by atoms with E-state index >= 15 is 0 Å². The number of hydrogen-bond acceptors (Lipinski definition) is 7. The van der Waals surface area contributed by atoms with Crippen molar-refractivity contribution in [2.24, 2.45) is 0 Å². The zero-order chi connectivity index (χ0) is 27.6. The van der Waals surface area contributed by atoms with Crippen LogP contribution in [0.2, 0.25) is 0 Å². The molecule has 2 rings (SSSR count). The van der Waals surface area contributed by atoms with Crippen LogP contribution >= 0.6 is 12.6 Å². The van der Waals surface area contributed by atoms with E-state index in [0.29, 0.717) is 26.4 Å². The summed E-state index contributed by atoms with van der Waals surface area (Å²) in [5.41, 5.74) is 3.07. The molecular weight excluding hydrogens is 510 g/mol. The minimum atomic E-state index is -1.12. The topological polar surface area (TPSA) is 143 Å². The summed E-state index contributed by atoms with van der Waals surface area (Å²) in [4.78, 5) is 46.1. The van der Waals surface area contributed by atoms with E-state index in [0.717, 1.165) is 17.7 Å². The van der Waals surface area contributed by atoms with Gasteiger partial charge in [-0.05, 0) is 29.7 Å². The lowest BCUT2D eigenvalue weighted by Crippen LogP contribution is -2.36. The second-order valence-corrected chi connectivity index (χ2v) is 9.01. The van der Waals surface area contributed by atoms with Crippen LogP contribution in [-0.4, -0.2) is 73.6 Å². The van der Waals surface area contributed by atoms with Crippen molar-refractivity contribution in [1.29, 1.82) is 0 Å². The molecule has 0 aromatic heterocycles. The largest absolute Gasteiger partial charge is 0.481 e. The van der Waals surface area contributed by atoms with Gasteiger partial charge < -0.3 is 30.5 Å². The molecule has 0 aliphatic carbocycles. The number of carbonyl (C=O) groups excluding carboxylic acids is 3. The Labute approximate surface area is 227 Å². The highest BCUT2D eigenvalue weighted by molar-refractivity contribution is 7.81. The first kappa shape index (κ1) is 30.8. The van der Waals surface area contributed by atoms with Crippen molar-refractivity contribution < 1.29 is 33.8 Å². The summed E-state index contributed by atoms with van der Waals surface area (Å²) in [5, 5.41) is 15.7. The molecule has 0 aliphatic heterocycles. The predicted octanol–water partition coefficient (Wildman–Crippen LogP) is 2.03. The Morgan fingerprint density at radius 1 is 0.789 bits per heavy atom. The first-order valence-corrected chi connectivity index (χ1v) is 12.9. The van der Waals surface area contributed by atoms with Crippen LogP contribution in [-0.2, 0) is 35.1 Å². The van der Waals surface area contributed by atoms with E-state index in [1.165, 1.54) is 5.56 Å². The molecule has 3 amide bonds. The average Bonchev–Trinajstić information content (AvgIpc) is 2.88. The molecule has 1 unspecified atom stereocenters. The Morgan fingerprint density at radius 3 is 2.24 bits per heavy atom. The molecule has 2 aromatic rings. The third kappa shape index (κ3) is 13.8. The fourth-order valence-electron chi connectivity index (χ4n) is 3.33. The molecule has 0 heterocycles. The minimum absolute atomic E-state index is 0.0573. The van der Waals surface area contributed by atoms with Gasteiger partial charge in [-0.1, -0.05) is 42.5 Å². The Bertz CT molecular complexity index is 1040. The zero-order valence-electron chi connectivity index (χ0n) is 21.2. The first-order chi connectivity index (χ1) is 18.3. The molecule has 0 bridgehead atoms. The highest BCUT2D eigenvalue weighted by atomic mass is 32.1. The highest BCUT2D eigenvalue weighted by Gasteiger charge is 2.17. The fraction of sp³-hybridized carbons (Fsp3) is 0.407. The molecule has 38 heavy (non-hydrogen) atoms. The SMILES string of the molecule is O=C(O)CC(S)C(=O)NCCC(=O)NCCOCCOCCC(=O)Nc1cccc(Cc2ccccc2)c1. The highest BCUT2D eigenvalue weighted by Crippen LogP contribution is 2.15. The van der Waals surface area contributed by atoms with Crippen LogP contribution in [0.15, 0.2) is 54.6 Å². The molecule has 1 atom stereocenters. The number of rotatable bonds is 18. The monoisotopic (exact) mass is 545 g/mol. The lowest BCUT2D eigenvalue weighted by Gasteiger charge is -2.10. The summed E-state index contributed by atoms with van der Waals surface area (Å²) in [6.07, 6.45) is 0.684. The van der Waals surface area contributed by atoms with E-state index < -0.39 is 17.1 Å². The van der Waals surface area contributed by atoms with Crippen LogP contribution in [0, 0.1) is 0 Å². The van der Waals surface area contributed by atoms with Gasteiger partial charge in [0.1, 0.15) is 0 Å².